The first-order valence-electron chi connectivity index (χ1n) is 12.6. The Balaban J connectivity index is 1.29. The number of aromatic nitrogens is 3. The molecule has 188 valence electrons. The highest BCUT2D eigenvalue weighted by Crippen LogP contribution is 2.59. The molecular formula is C26H27F3N6O. The lowest BCUT2D eigenvalue weighted by Crippen LogP contribution is -2.41. The zero-order valence-corrected chi connectivity index (χ0v) is 19.7. The first kappa shape index (κ1) is 22.2. The van der Waals surface area contributed by atoms with Gasteiger partial charge in [0.2, 0.25) is 5.95 Å². The zero-order valence-electron chi connectivity index (χ0n) is 19.7. The number of aromatic amines is 1. The molecule has 2 unspecified atom stereocenters. The molecular weight excluding hydrogens is 469 g/mol. The van der Waals surface area contributed by atoms with Crippen LogP contribution in [0.3, 0.4) is 0 Å². The summed E-state index contributed by atoms with van der Waals surface area (Å²) in [7, 11) is 0. The molecule has 10 heteroatoms. The van der Waals surface area contributed by atoms with E-state index in [4.69, 9.17) is 9.97 Å². The maximum absolute atomic E-state index is 13.7. The lowest BCUT2D eigenvalue weighted by molar-refractivity contribution is -0.189. The van der Waals surface area contributed by atoms with Gasteiger partial charge in [0.1, 0.15) is 11.7 Å². The minimum Gasteiger partial charge on any atom is -0.360 e. The monoisotopic (exact) mass is 496 g/mol. The van der Waals surface area contributed by atoms with Crippen molar-refractivity contribution < 1.29 is 18.0 Å². The molecule has 4 atom stereocenters. The van der Waals surface area contributed by atoms with E-state index in [1.54, 1.807) is 4.90 Å². The summed E-state index contributed by atoms with van der Waals surface area (Å²) in [6, 6.07) is 7.23. The normalized spacial score (nSPS) is 30.0. The number of para-hydroxylation sites is 1. The summed E-state index contributed by atoms with van der Waals surface area (Å²) >= 11 is 0. The smallest absolute Gasteiger partial charge is 0.360 e. The SMILES string of the molecule is O=CC1(C(F)(F)F)CC1N1CCc2c(nc(N3C[C@H]4CNC[C@H]4C3)nc2-c2c[nH]c3ccccc23)C1. The average Bonchev–Trinajstić information content (AvgIpc) is 3.13. The number of hydrogen-bond acceptors (Lipinski definition) is 6. The Morgan fingerprint density at radius 3 is 2.61 bits per heavy atom. The van der Waals surface area contributed by atoms with Gasteiger partial charge in [0.25, 0.3) is 0 Å². The van der Waals surface area contributed by atoms with Crippen LogP contribution in [0.5, 0.6) is 0 Å². The van der Waals surface area contributed by atoms with E-state index in [1.807, 2.05) is 24.4 Å². The molecule has 2 saturated heterocycles. The summed E-state index contributed by atoms with van der Waals surface area (Å²) in [6.45, 7) is 4.46. The number of fused-ring (bicyclic) bond motifs is 3. The predicted octanol–water partition coefficient (Wildman–Crippen LogP) is 3.16. The molecule has 1 aromatic carbocycles. The van der Waals surface area contributed by atoms with Gasteiger partial charge in [-0.05, 0) is 30.7 Å². The van der Waals surface area contributed by atoms with E-state index in [-0.39, 0.29) is 12.7 Å². The highest BCUT2D eigenvalue weighted by atomic mass is 19.4. The molecule has 3 aliphatic heterocycles. The lowest BCUT2D eigenvalue weighted by atomic mass is 9.97. The molecule has 2 aromatic heterocycles. The van der Waals surface area contributed by atoms with E-state index in [1.165, 1.54) is 0 Å². The number of rotatable bonds is 4. The van der Waals surface area contributed by atoms with E-state index in [9.17, 15) is 18.0 Å². The van der Waals surface area contributed by atoms with Crippen molar-refractivity contribution in [3.8, 4) is 11.3 Å². The number of H-pyrrole nitrogens is 1. The van der Waals surface area contributed by atoms with Gasteiger partial charge in [0.05, 0.1) is 11.4 Å². The van der Waals surface area contributed by atoms with Gasteiger partial charge < -0.3 is 20.0 Å². The number of halogens is 3. The number of nitrogens with zero attached hydrogens (tertiary/aromatic N) is 4. The molecule has 2 N–H and O–H groups in total. The molecule has 0 bridgehead atoms. The Morgan fingerprint density at radius 1 is 1.11 bits per heavy atom. The van der Waals surface area contributed by atoms with E-state index in [2.05, 4.69) is 21.3 Å². The summed E-state index contributed by atoms with van der Waals surface area (Å²) in [6.07, 6.45) is -2.10. The van der Waals surface area contributed by atoms with Crippen molar-refractivity contribution in [1.82, 2.24) is 25.2 Å². The number of aldehydes is 1. The zero-order chi connectivity index (χ0) is 24.7. The molecule has 1 saturated carbocycles. The molecule has 3 fully saturated rings. The Labute approximate surface area is 206 Å². The third-order valence-corrected chi connectivity index (χ3v) is 8.74. The van der Waals surface area contributed by atoms with E-state index < -0.39 is 17.6 Å². The average molecular weight is 497 g/mol. The van der Waals surface area contributed by atoms with Gasteiger partial charge in [-0.15, -0.1) is 0 Å². The Bertz CT molecular complexity index is 1340. The second-order valence-electron chi connectivity index (χ2n) is 10.7. The van der Waals surface area contributed by atoms with Gasteiger partial charge in [-0.3, -0.25) is 4.90 Å². The number of anilines is 1. The molecule has 0 radical (unpaired) electrons. The van der Waals surface area contributed by atoms with Crippen LogP contribution in [0, 0.1) is 17.3 Å². The maximum atomic E-state index is 13.7. The number of alkyl halides is 3. The van der Waals surface area contributed by atoms with Gasteiger partial charge in [-0.25, -0.2) is 9.97 Å². The van der Waals surface area contributed by atoms with Crippen LogP contribution < -0.4 is 10.2 Å². The number of carbonyl (C=O) groups is 1. The standard InChI is InChI=1S/C26H27F3N6O/c27-26(28,29)25(14-36)7-22(25)34-6-5-18-21(13-34)32-24(35-11-15-8-30-9-16(15)12-35)33-23(18)19-10-31-20-4-2-1-3-17(19)20/h1-4,10,14-16,22,30-31H,5-9,11-13H2/t15-,16+,22?,25?. The Hall–Kier alpha value is -2.98. The van der Waals surface area contributed by atoms with E-state index in [0.29, 0.717) is 37.3 Å². The summed E-state index contributed by atoms with van der Waals surface area (Å²) in [5, 5.41) is 4.52. The summed E-state index contributed by atoms with van der Waals surface area (Å²) in [4.78, 5) is 28.9. The summed E-state index contributed by atoms with van der Waals surface area (Å²) < 4.78 is 41.0. The Kier molecular flexibility index (Phi) is 4.79. The highest BCUT2D eigenvalue weighted by Gasteiger charge is 2.72. The number of benzene rings is 1. The fourth-order valence-corrected chi connectivity index (χ4v) is 6.57. The van der Waals surface area contributed by atoms with Crippen LogP contribution in [-0.4, -0.2) is 71.1 Å². The van der Waals surface area contributed by atoms with Gasteiger partial charge in [-0.1, -0.05) is 18.2 Å². The van der Waals surface area contributed by atoms with Crippen LogP contribution in [0.2, 0.25) is 0 Å². The van der Waals surface area contributed by atoms with Crippen molar-refractivity contribution in [1.29, 1.82) is 0 Å². The molecule has 3 aromatic rings. The molecule has 0 amide bonds. The summed E-state index contributed by atoms with van der Waals surface area (Å²) in [5.41, 5.74) is 2.37. The van der Waals surface area contributed by atoms with Crippen LogP contribution >= 0.6 is 0 Å². The number of hydrogen-bond donors (Lipinski definition) is 2. The molecule has 0 spiro atoms. The van der Waals surface area contributed by atoms with E-state index >= 15 is 0 Å². The molecule has 4 aliphatic rings. The van der Waals surface area contributed by atoms with Gasteiger partial charge >= 0.3 is 6.18 Å². The summed E-state index contributed by atoms with van der Waals surface area (Å²) in [5.74, 6) is 1.77. The van der Waals surface area contributed by atoms with Crippen LogP contribution in [0.4, 0.5) is 19.1 Å². The number of nitrogens with one attached hydrogen (secondary N) is 2. The Morgan fingerprint density at radius 2 is 1.89 bits per heavy atom. The first-order chi connectivity index (χ1) is 17.4. The first-order valence-corrected chi connectivity index (χ1v) is 12.6. The van der Waals surface area contributed by atoms with Crippen LogP contribution in [0.15, 0.2) is 30.5 Å². The van der Waals surface area contributed by atoms with Crippen molar-refractivity contribution in [2.45, 2.75) is 31.6 Å². The van der Waals surface area contributed by atoms with Crippen molar-refractivity contribution in [3.63, 3.8) is 0 Å². The van der Waals surface area contributed by atoms with Crippen molar-refractivity contribution >= 4 is 23.1 Å². The third-order valence-electron chi connectivity index (χ3n) is 8.74. The second kappa shape index (κ2) is 7.76. The second-order valence-corrected chi connectivity index (χ2v) is 10.7. The predicted molar refractivity (Wildman–Crippen MR) is 128 cm³/mol. The largest absolute Gasteiger partial charge is 0.402 e. The van der Waals surface area contributed by atoms with Gasteiger partial charge in [-0.2, -0.15) is 13.2 Å². The van der Waals surface area contributed by atoms with Crippen LogP contribution in [0.25, 0.3) is 22.2 Å². The van der Waals surface area contributed by atoms with Crippen molar-refractivity contribution in [2.24, 2.45) is 17.3 Å². The van der Waals surface area contributed by atoms with Crippen LogP contribution in [0.1, 0.15) is 17.7 Å². The van der Waals surface area contributed by atoms with E-state index in [0.717, 1.165) is 59.6 Å². The van der Waals surface area contributed by atoms with Crippen molar-refractivity contribution in [2.75, 3.05) is 37.6 Å². The molecule has 7 rings (SSSR count). The fraction of sp³-hybridized carbons (Fsp3) is 0.500. The maximum Gasteiger partial charge on any atom is 0.402 e. The molecule has 36 heavy (non-hydrogen) atoms. The molecule has 1 aliphatic carbocycles. The molecule has 5 heterocycles. The lowest BCUT2D eigenvalue weighted by Gasteiger charge is -2.32. The van der Waals surface area contributed by atoms with Crippen molar-refractivity contribution in [3.05, 3.63) is 41.7 Å². The van der Waals surface area contributed by atoms with Gasteiger partial charge in [0.15, 0.2) is 0 Å². The topological polar surface area (TPSA) is 77.2 Å². The third kappa shape index (κ3) is 3.23. The van der Waals surface area contributed by atoms with Gasteiger partial charge in [0, 0.05) is 73.5 Å². The number of carbonyl (C=O) groups excluding carboxylic acids is 1. The highest BCUT2D eigenvalue weighted by molar-refractivity contribution is 5.95. The van der Waals surface area contributed by atoms with Crippen LogP contribution in [-0.2, 0) is 17.8 Å². The molecule has 7 nitrogen and oxygen atoms in total. The minimum atomic E-state index is -4.53. The quantitative estimate of drug-likeness (QED) is 0.541. The fourth-order valence-electron chi connectivity index (χ4n) is 6.57. The minimum absolute atomic E-state index is 0.104.